The van der Waals surface area contributed by atoms with E-state index in [2.05, 4.69) is 4.98 Å². The quantitative estimate of drug-likeness (QED) is 0.431. The summed E-state index contributed by atoms with van der Waals surface area (Å²) in [5, 5.41) is 18.6. The second kappa shape index (κ2) is 8.59. The number of carbonyl (C=O) groups is 2. The number of hydrogen-bond acceptors (Lipinski definition) is 2. The van der Waals surface area contributed by atoms with Crippen LogP contribution in [0.4, 0.5) is 13.2 Å². The van der Waals surface area contributed by atoms with Gasteiger partial charge in [0.05, 0.1) is 17.0 Å². The lowest BCUT2D eigenvalue weighted by molar-refractivity contribution is -0.142. The molecule has 1 aliphatic rings. The van der Waals surface area contributed by atoms with Gasteiger partial charge in [0.25, 0.3) is 0 Å². The Kier molecular flexibility index (Phi) is 5.97. The molecule has 5 nitrogen and oxygen atoms in total. The van der Waals surface area contributed by atoms with E-state index in [-0.39, 0.29) is 29.0 Å². The lowest BCUT2D eigenvalue weighted by Crippen LogP contribution is -2.22. The molecule has 0 saturated carbocycles. The van der Waals surface area contributed by atoms with Crippen LogP contribution in [0.1, 0.15) is 44.9 Å². The molecule has 33 heavy (non-hydrogen) atoms. The van der Waals surface area contributed by atoms with Crippen molar-refractivity contribution in [1.29, 1.82) is 0 Å². The molecule has 1 aromatic heterocycles. The number of fused-ring (bicyclic) bond motifs is 1. The van der Waals surface area contributed by atoms with Crippen LogP contribution in [-0.2, 0) is 30.2 Å². The van der Waals surface area contributed by atoms with Crippen molar-refractivity contribution in [3.05, 3.63) is 81.1 Å². The summed E-state index contributed by atoms with van der Waals surface area (Å²) in [6, 6.07) is 9.70. The molecule has 0 radical (unpaired) electrons. The predicted molar refractivity (Wildman–Crippen MR) is 116 cm³/mol. The van der Waals surface area contributed by atoms with Crippen LogP contribution in [0.2, 0.25) is 5.02 Å². The fourth-order valence-corrected chi connectivity index (χ4v) is 4.66. The lowest BCUT2D eigenvalue weighted by Gasteiger charge is -2.19. The van der Waals surface area contributed by atoms with Crippen LogP contribution in [0, 0.1) is 5.92 Å². The number of alkyl halides is 3. The summed E-state index contributed by atoms with van der Waals surface area (Å²) in [6.45, 7) is 0. The minimum Gasteiger partial charge on any atom is -0.481 e. The third-order valence-corrected chi connectivity index (χ3v) is 6.36. The summed E-state index contributed by atoms with van der Waals surface area (Å²) in [5.74, 6) is -2.60. The Morgan fingerprint density at radius 3 is 2.39 bits per heavy atom. The number of aliphatic carboxylic acids is 1. The van der Waals surface area contributed by atoms with Crippen LogP contribution >= 0.6 is 11.6 Å². The van der Waals surface area contributed by atoms with Crippen molar-refractivity contribution >= 4 is 23.5 Å². The van der Waals surface area contributed by atoms with Gasteiger partial charge in [-0.25, -0.2) is 4.79 Å². The highest BCUT2D eigenvalue weighted by Gasteiger charge is 2.35. The van der Waals surface area contributed by atoms with Gasteiger partial charge in [-0.05, 0) is 53.8 Å². The van der Waals surface area contributed by atoms with Gasteiger partial charge < -0.3 is 15.2 Å². The first-order chi connectivity index (χ1) is 15.6. The maximum Gasteiger partial charge on any atom is 0.416 e. The molecule has 4 rings (SSSR count). The number of aromatic amines is 1. The molecule has 0 aliphatic heterocycles. The van der Waals surface area contributed by atoms with Gasteiger partial charge in [0.15, 0.2) is 0 Å². The van der Waals surface area contributed by atoms with Crippen LogP contribution < -0.4 is 0 Å². The molecule has 2 aromatic carbocycles. The monoisotopic (exact) mass is 477 g/mol. The van der Waals surface area contributed by atoms with Crippen molar-refractivity contribution in [2.75, 3.05) is 0 Å². The molecular weight excluding hydrogens is 459 g/mol. The largest absolute Gasteiger partial charge is 0.481 e. The van der Waals surface area contributed by atoms with Crippen molar-refractivity contribution in [1.82, 2.24) is 4.98 Å². The van der Waals surface area contributed by atoms with Crippen molar-refractivity contribution in [2.24, 2.45) is 5.92 Å². The Bertz CT molecular complexity index is 1230. The highest BCUT2D eigenvalue weighted by Crippen LogP contribution is 2.41. The molecule has 172 valence electrons. The van der Waals surface area contributed by atoms with Gasteiger partial charge in [-0.1, -0.05) is 29.8 Å². The second-order valence-corrected chi connectivity index (χ2v) is 8.44. The first-order valence-corrected chi connectivity index (χ1v) is 10.6. The van der Waals surface area contributed by atoms with Crippen LogP contribution in [0.15, 0.2) is 42.5 Å². The molecule has 0 saturated heterocycles. The van der Waals surface area contributed by atoms with E-state index in [1.54, 1.807) is 12.1 Å². The molecular formula is C24H19ClF3NO4. The van der Waals surface area contributed by atoms with Gasteiger partial charge in [0, 0.05) is 34.8 Å². The van der Waals surface area contributed by atoms with Gasteiger partial charge in [-0.2, -0.15) is 13.2 Å². The van der Waals surface area contributed by atoms with Crippen LogP contribution in [0.3, 0.4) is 0 Å². The van der Waals surface area contributed by atoms with Gasteiger partial charge in [-0.15, -0.1) is 0 Å². The normalized spacial score (nSPS) is 15.8. The van der Waals surface area contributed by atoms with E-state index < -0.39 is 29.6 Å². The summed E-state index contributed by atoms with van der Waals surface area (Å²) in [6.07, 6.45) is -3.66. The molecule has 0 bridgehead atoms. The lowest BCUT2D eigenvalue weighted by atomic mass is 9.84. The van der Waals surface area contributed by atoms with E-state index in [0.717, 1.165) is 11.6 Å². The zero-order valence-electron chi connectivity index (χ0n) is 17.2. The maximum atomic E-state index is 13.7. The van der Waals surface area contributed by atoms with Gasteiger partial charge in [-0.3, -0.25) is 4.79 Å². The number of hydrogen-bond donors (Lipinski definition) is 3. The van der Waals surface area contributed by atoms with E-state index in [9.17, 15) is 33.0 Å². The van der Waals surface area contributed by atoms with E-state index in [1.807, 2.05) is 0 Å². The number of H-pyrrole nitrogens is 1. The highest BCUT2D eigenvalue weighted by atomic mass is 35.5. The minimum absolute atomic E-state index is 0.0204. The zero-order valence-corrected chi connectivity index (χ0v) is 17.9. The van der Waals surface area contributed by atoms with Crippen LogP contribution in [-0.4, -0.2) is 27.1 Å². The van der Waals surface area contributed by atoms with E-state index in [1.165, 1.54) is 24.3 Å². The molecule has 0 amide bonds. The second-order valence-electron chi connectivity index (χ2n) is 8.04. The van der Waals surface area contributed by atoms with Crippen LogP contribution in [0.5, 0.6) is 0 Å². The fraction of sp³-hybridized carbons (Fsp3) is 0.250. The number of halogens is 4. The molecule has 3 aromatic rings. The Hall–Kier alpha value is -3.26. The number of benzene rings is 2. The van der Waals surface area contributed by atoms with Gasteiger partial charge in [0.1, 0.15) is 0 Å². The average molecular weight is 478 g/mol. The van der Waals surface area contributed by atoms with Crippen molar-refractivity contribution in [3.8, 4) is 11.1 Å². The summed E-state index contributed by atoms with van der Waals surface area (Å²) >= 11 is 6.17. The number of carboxylic acid groups (broad SMARTS) is 2. The molecule has 3 N–H and O–H groups in total. The van der Waals surface area contributed by atoms with Crippen molar-refractivity contribution in [2.45, 2.75) is 31.9 Å². The van der Waals surface area contributed by atoms with Crippen LogP contribution in [0.25, 0.3) is 11.1 Å². The van der Waals surface area contributed by atoms with E-state index in [4.69, 9.17) is 11.6 Å². The minimum atomic E-state index is -4.59. The van der Waals surface area contributed by atoms with Gasteiger partial charge in [0.2, 0.25) is 0 Å². The number of nitrogens with one attached hydrogen (secondary N) is 1. The third kappa shape index (κ3) is 4.48. The zero-order chi connectivity index (χ0) is 23.9. The maximum absolute atomic E-state index is 13.7. The number of carboxylic acids is 2. The summed E-state index contributed by atoms with van der Waals surface area (Å²) in [5.41, 5.74) is 2.46. The first-order valence-electron chi connectivity index (χ1n) is 10.2. The fourth-order valence-electron chi connectivity index (χ4n) is 4.42. The Morgan fingerprint density at radius 2 is 1.79 bits per heavy atom. The average Bonchev–Trinajstić information content (AvgIpc) is 3.11. The summed E-state index contributed by atoms with van der Waals surface area (Å²) < 4.78 is 41.0. The summed E-state index contributed by atoms with van der Waals surface area (Å²) in [7, 11) is 0. The Balaban J connectivity index is 1.85. The molecule has 1 atom stereocenters. The van der Waals surface area contributed by atoms with Crippen molar-refractivity contribution < 1.29 is 33.0 Å². The molecule has 1 unspecified atom stereocenters. The molecule has 9 heteroatoms. The Labute approximate surface area is 191 Å². The Morgan fingerprint density at radius 1 is 1.09 bits per heavy atom. The number of rotatable bonds is 5. The van der Waals surface area contributed by atoms with E-state index in [0.29, 0.717) is 35.4 Å². The van der Waals surface area contributed by atoms with Crippen molar-refractivity contribution in [3.63, 3.8) is 0 Å². The third-order valence-electron chi connectivity index (χ3n) is 6.01. The molecule has 1 heterocycles. The smallest absolute Gasteiger partial charge is 0.416 e. The highest BCUT2D eigenvalue weighted by molar-refractivity contribution is 6.31. The first kappa shape index (κ1) is 22.9. The number of aromatic carboxylic acids is 1. The molecule has 1 aliphatic carbocycles. The summed E-state index contributed by atoms with van der Waals surface area (Å²) in [4.78, 5) is 25.9. The SMILES string of the molecule is O=C(O)c1ccc(-c2c(Cc3c(Cl)cccc3C(F)(F)F)[nH]c3c2CCC(C(=O)O)C3)cc1. The van der Waals surface area contributed by atoms with Gasteiger partial charge >= 0.3 is 18.1 Å². The molecule has 0 fully saturated rings. The standard InChI is InChI=1S/C24H19ClF3NO4/c25-18-3-1-2-17(24(26,27)28)16(18)11-20-21(12-4-6-13(7-5-12)22(30)31)15-9-8-14(23(32)33)10-19(15)29-20/h1-7,14,29H,8-11H2,(H,30,31)(H,32,33). The topological polar surface area (TPSA) is 90.4 Å². The predicted octanol–water partition coefficient (Wildman–Crippen LogP) is 5.83. The van der Waals surface area contributed by atoms with E-state index >= 15 is 0 Å². The number of aromatic nitrogens is 1. The molecule has 0 spiro atoms.